The van der Waals surface area contributed by atoms with Crippen LogP contribution in [0.5, 0.6) is 0 Å². The molecular formula is C58H94O31. The SMILES string of the molecule is C=C1C[C@@]23CCC4[C@](C)(C(=O)OC5OC(CO)C(O)C(OC6CC(CO)C(O)C(O)C6O)C5OC5OC(CO)C(O)C(O)C5O)CCC[C@@]4(C)[C@@H]2CCC1(OC1OC(CO)C(O)C(OC2CC(CO)C(O)C(O)C2O)C1OC1OC(CO)C(O)C(O)C1O)C3. The van der Waals surface area contributed by atoms with Crippen LogP contribution in [0.3, 0.4) is 0 Å². The highest BCUT2D eigenvalue weighted by atomic mass is 16.8. The van der Waals surface area contributed by atoms with Gasteiger partial charge in [-0.05, 0) is 99.4 Å². The van der Waals surface area contributed by atoms with Crippen LogP contribution in [0.15, 0.2) is 12.2 Å². The van der Waals surface area contributed by atoms with Crippen LogP contribution in [0.4, 0.5) is 0 Å². The zero-order chi connectivity index (χ0) is 64.7. The van der Waals surface area contributed by atoms with Gasteiger partial charge in [-0.2, -0.15) is 0 Å². The van der Waals surface area contributed by atoms with Gasteiger partial charge in [0, 0.05) is 25.0 Å². The predicted molar refractivity (Wildman–Crippen MR) is 291 cm³/mol. The van der Waals surface area contributed by atoms with E-state index in [9.17, 15) is 102 Å². The van der Waals surface area contributed by atoms with Crippen LogP contribution in [0, 0.1) is 39.9 Å². The van der Waals surface area contributed by atoms with Gasteiger partial charge in [0.2, 0.25) is 6.29 Å². The molecule has 4 saturated heterocycles. The van der Waals surface area contributed by atoms with E-state index >= 15 is 4.79 Å². The molecule has 0 aromatic heterocycles. The van der Waals surface area contributed by atoms with E-state index < -0.39 is 257 Å². The third-order valence-corrected chi connectivity index (χ3v) is 22.4. The summed E-state index contributed by atoms with van der Waals surface area (Å²) in [5.41, 5.74) is -3.07. The quantitative estimate of drug-likeness (QED) is 0.0344. The third kappa shape index (κ3) is 12.3. The number of ether oxygens (including phenoxy) is 10. The molecule has 4 heterocycles. The molecule has 32 unspecified atom stereocenters. The fourth-order valence-electron chi connectivity index (χ4n) is 17.4. The number of carbonyl (C=O) groups excluding carboxylic acids is 1. The van der Waals surface area contributed by atoms with E-state index in [1.54, 1.807) is 6.92 Å². The van der Waals surface area contributed by atoms with Gasteiger partial charge in [0.15, 0.2) is 25.0 Å². The molecule has 36 atom stereocenters. The molecule has 31 heteroatoms. The molecule has 6 aliphatic carbocycles. The smallest absolute Gasteiger partial charge is 0.314 e. The van der Waals surface area contributed by atoms with E-state index in [1.807, 2.05) is 0 Å². The van der Waals surface area contributed by atoms with Gasteiger partial charge in [-0.1, -0.05) is 19.9 Å². The lowest BCUT2D eigenvalue weighted by Gasteiger charge is -2.64. The Bertz CT molecular complexity index is 2390. The molecule has 0 aromatic carbocycles. The van der Waals surface area contributed by atoms with Gasteiger partial charge in [0.25, 0.3) is 0 Å². The van der Waals surface area contributed by atoms with Crippen molar-refractivity contribution in [3.05, 3.63) is 12.2 Å². The Morgan fingerprint density at radius 3 is 1.36 bits per heavy atom. The van der Waals surface area contributed by atoms with Crippen molar-refractivity contribution in [1.82, 2.24) is 0 Å². The summed E-state index contributed by atoms with van der Waals surface area (Å²) in [5, 5.41) is 216. The number of hydrogen-bond acceptors (Lipinski definition) is 31. The fraction of sp³-hybridized carbons (Fsp3) is 0.948. The minimum atomic E-state index is -2.04. The largest absolute Gasteiger partial charge is 0.432 e. The molecule has 20 N–H and O–H groups in total. The summed E-state index contributed by atoms with van der Waals surface area (Å²) >= 11 is 0. The number of rotatable bonds is 18. The van der Waals surface area contributed by atoms with Gasteiger partial charge >= 0.3 is 5.97 Å². The molecule has 512 valence electrons. The highest BCUT2D eigenvalue weighted by molar-refractivity contribution is 5.77. The van der Waals surface area contributed by atoms with Crippen molar-refractivity contribution in [2.24, 2.45) is 39.9 Å². The second-order valence-corrected chi connectivity index (χ2v) is 27.4. The summed E-state index contributed by atoms with van der Waals surface area (Å²) in [7, 11) is 0. The molecule has 6 saturated carbocycles. The van der Waals surface area contributed by atoms with Crippen LogP contribution >= 0.6 is 0 Å². The average Bonchev–Trinajstić information content (AvgIpc) is 1.62. The molecule has 4 aliphatic heterocycles. The van der Waals surface area contributed by atoms with Crippen molar-refractivity contribution in [3.63, 3.8) is 0 Å². The highest BCUT2D eigenvalue weighted by Crippen LogP contribution is 2.74. The van der Waals surface area contributed by atoms with Gasteiger partial charge in [-0.3, -0.25) is 4.79 Å². The van der Waals surface area contributed by atoms with Gasteiger partial charge in [-0.15, -0.1) is 0 Å². The Morgan fingerprint density at radius 2 is 0.888 bits per heavy atom. The van der Waals surface area contributed by atoms with Crippen LogP contribution in [-0.4, -0.2) is 325 Å². The summed E-state index contributed by atoms with van der Waals surface area (Å²) in [6, 6.07) is 0. The normalized spacial score (nSPS) is 54.5. The Balaban J connectivity index is 0.921. The summed E-state index contributed by atoms with van der Waals surface area (Å²) in [6.07, 6.45) is -45.8. The van der Waals surface area contributed by atoms with Crippen molar-refractivity contribution in [2.75, 3.05) is 39.6 Å². The lowest BCUT2D eigenvalue weighted by atomic mass is 9.41. The van der Waals surface area contributed by atoms with E-state index in [0.29, 0.717) is 56.9 Å². The topological polar surface area (TPSA) is 514 Å². The number of carbonyl (C=O) groups is 1. The number of fused-ring (bicyclic) bond motifs is 3. The van der Waals surface area contributed by atoms with Crippen LogP contribution in [0.2, 0.25) is 0 Å². The van der Waals surface area contributed by atoms with E-state index in [0.717, 1.165) is 0 Å². The summed E-state index contributed by atoms with van der Waals surface area (Å²) in [6.45, 7) is 3.71. The maximum Gasteiger partial charge on any atom is 0.314 e. The van der Waals surface area contributed by atoms with Gasteiger partial charge < -0.3 is 149 Å². The third-order valence-electron chi connectivity index (χ3n) is 22.4. The molecule has 10 aliphatic rings. The Kier molecular flexibility index (Phi) is 21.4. The summed E-state index contributed by atoms with van der Waals surface area (Å²) < 4.78 is 62.5. The standard InChI is InChI=1S/C58H94O31/c1-21-13-57-9-5-30-55(2,7-4-8-56(30,3)54(79)88-52-48(86-50-44(77)42(75)36(69)26(16-61)82-50)46(38(71)28(18-63)84-52)80-24-11-22(14-59)32(65)40(73)34(24)67)31(57)6-10-58(21,20-57)89-53-49(87-51-45(78)43(76)37(70)27(17-62)83-51)47(39(72)29(19-64)85-53)81-25-12-23(15-60)33(66)41(74)35(25)68/h22-53,59-78H,1,4-20H2,2-3H3/t22?,23?,24?,25?,26?,27?,28?,29?,30?,31-,32?,33?,34?,35?,36?,37?,38?,39?,40?,41?,42?,43?,44?,45?,46?,47?,48?,49?,50?,51?,52?,53?,55+,56+,57+,58?/m0/s1. The maximum atomic E-state index is 15.4. The predicted octanol–water partition coefficient (Wildman–Crippen LogP) is -8.14. The molecule has 10 rings (SSSR count). The van der Waals surface area contributed by atoms with Crippen molar-refractivity contribution in [1.29, 1.82) is 0 Å². The minimum Gasteiger partial charge on any atom is -0.432 e. The first-order valence-electron chi connectivity index (χ1n) is 31.1. The average molecular weight is 1290 g/mol. The molecule has 0 aromatic rings. The maximum absolute atomic E-state index is 15.4. The number of aliphatic hydroxyl groups is 20. The second-order valence-electron chi connectivity index (χ2n) is 27.4. The van der Waals surface area contributed by atoms with E-state index in [-0.39, 0.29) is 25.2 Å². The summed E-state index contributed by atoms with van der Waals surface area (Å²) in [5.74, 6) is -3.38. The van der Waals surface area contributed by atoms with Crippen LogP contribution < -0.4 is 0 Å². The van der Waals surface area contributed by atoms with Crippen LogP contribution in [0.1, 0.15) is 84.5 Å². The molecular weight excluding hydrogens is 1190 g/mol. The Hall–Kier alpha value is -1.95. The lowest BCUT2D eigenvalue weighted by Crippen LogP contribution is -2.67. The van der Waals surface area contributed by atoms with Gasteiger partial charge in [0.1, 0.15) is 116 Å². The Labute approximate surface area is 512 Å². The molecule has 10 fully saturated rings. The number of aliphatic hydroxyl groups excluding tert-OH is 20. The molecule has 1 spiro atoms. The molecule has 2 bridgehead atoms. The minimum absolute atomic E-state index is 0.124. The second kappa shape index (κ2) is 27.3. The fourth-order valence-corrected chi connectivity index (χ4v) is 17.4. The molecule has 31 nitrogen and oxygen atoms in total. The first-order valence-corrected chi connectivity index (χ1v) is 31.1. The number of hydrogen-bond donors (Lipinski definition) is 20. The van der Waals surface area contributed by atoms with E-state index in [1.165, 1.54) is 0 Å². The van der Waals surface area contributed by atoms with Crippen LogP contribution in [-0.2, 0) is 52.2 Å². The van der Waals surface area contributed by atoms with Crippen molar-refractivity contribution < 1.29 is 154 Å². The van der Waals surface area contributed by atoms with Crippen molar-refractivity contribution in [3.8, 4) is 0 Å². The zero-order valence-electron chi connectivity index (χ0n) is 49.6. The highest BCUT2D eigenvalue weighted by Gasteiger charge is 2.70. The number of esters is 1. The first-order chi connectivity index (χ1) is 42.1. The zero-order valence-corrected chi connectivity index (χ0v) is 49.6. The molecule has 89 heavy (non-hydrogen) atoms. The van der Waals surface area contributed by atoms with Gasteiger partial charge in [-0.25, -0.2) is 0 Å². The van der Waals surface area contributed by atoms with E-state index in [4.69, 9.17) is 47.4 Å². The molecule has 0 amide bonds. The van der Waals surface area contributed by atoms with Crippen molar-refractivity contribution >= 4 is 5.97 Å². The lowest BCUT2D eigenvalue weighted by molar-refractivity contribution is -0.386. The Morgan fingerprint density at radius 1 is 0.461 bits per heavy atom. The van der Waals surface area contributed by atoms with Gasteiger partial charge in [0.05, 0.1) is 61.9 Å². The van der Waals surface area contributed by atoms with E-state index in [2.05, 4.69) is 13.5 Å². The first kappa shape index (κ1) is 69.9. The molecule has 0 radical (unpaired) electrons. The summed E-state index contributed by atoms with van der Waals surface area (Å²) in [4.78, 5) is 15.4. The van der Waals surface area contributed by atoms with Crippen LogP contribution in [0.25, 0.3) is 0 Å². The monoisotopic (exact) mass is 1290 g/mol. The van der Waals surface area contributed by atoms with Crippen molar-refractivity contribution in [2.45, 2.75) is 262 Å².